The number of carbonyl (C=O) groups excluding carboxylic acids is 1. The molecule has 10 heteroatoms. The van der Waals surface area contributed by atoms with Gasteiger partial charge >= 0.3 is 6.18 Å². The zero-order valence-electron chi connectivity index (χ0n) is 22.3. The van der Waals surface area contributed by atoms with E-state index < -0.39 is 28.8 Å². The molecule has 0 saturated carbocycles. The van der Waals surface area contributed by atoms with Crippen LogP contribution in [0.4, 0.5) is 13.2 Å². The van der Waals surface area contributed by atoms with Crippen molar-refractivity contribution in [3.63, 3.8) is 0 Å². The summed E-state index contributed by atoms with van der Waals surface area (Å²) >= 11 is 0. The topological polar surface area (TPSA) is 85.1 Å². The molecule has 0 aliphatic heterocycles. The quantitative estimate of drug-likeness (QED) is 0.156. The number of Topliss-reactive ketones (excluding diaryl/α,β-unsaturated/α-hetero) is 1. The molecule has 41 heavy (non-hydrogen) atoms. The fourth-order valence-electron chi connectivity index (χ4n) is 4.83. The van der Waals surface area contributed by atoms with Gasteiger partial charge in [0.05, 0.1) is 16.6 Å². The van der Waals surface area contributed by atoms with Gasteiger partial charge in [0.1, 0.15) is 11.3 Å². The molecule has 0 amide bonds. The number of hydrogen-bond acceptors (Lipinski definition) is 5. The Morgan fingerprint density at radius 3 is 1.88 bits per heavy atom. The van der Waals surface area contributed by atoms with Crippen LogP contribution in [0, 0.1) is 63.2 Å². The Morgan fingerprint density at radius 2 is 1.34 bits per heavy atom. The Morgan fingerprint density at radius 1 is 0.829 bits per heavy atom. The summed E-state index contributed by atoms with van der Waals surface area (Å²) < 4.78 is 39.6. The fraction of sp³-hybridized carbons (Fsp3) is 0.161. The van der Waals surface area contributed by atoms with Crippen LogP contribution in [0.3, 0.4) is 0 Å². The minimum absolute atomic E-state index is 0. The molecule has 1 N–H and O–H groups in total. The molecule has 0 bridgehead atoms. The zero-order chi connectivity index (χ0) is 28.8. The van der Waals surface area contributed by atoms with E-state index in [1.807, 2.05) is 26.0 Å². The molecule has 3 aromatic carbocycles. The zero-order valence-corrected chi connectivity index (χ0v) is 24.7. The number of fused-ring (bicyclic) bond motifs is 6. The average Bonchev–Trinajstić information content (AvgIpc) is 2.92. The van der Waals surface area contributed by atoms with Crippen LogP contribution >= 0.6 is 0 Å². The van der Waals surface area contributed by atoms with E-state index in [4.69, 9.17) is 0 Å². The monoisotopic (exact) mass is 696 g/mol. The van der Waals surface area contributed by atoms with Crippen molar-refractivity contribution in [1.82, 2.24) is 14.5 Å². The predicted octanol–water partition coefficient (Wildman–Crippen LogP) is 7.03. The molecule has 0 unspecified atom stereocenters. The van der Waals surface area contributed by atoms with Gasteiger partial charge in [0, 0.05) is 83.5 Å². The van der Waals surface area contributed by atoms with Gasteiger partial charge in [0.2, 0.25) is 0 Å². The van der Waals surface area contributed by atoms with Crippen LogP contribution in [0.1, 0.15) is 28.7 Å². The minimum Gasteiger partial charge on any atom is -0.506 e. The van der Waals surface area contributed by atoms with E-state index >= 15 is 0 Å². The minimum atomic E-state index is -5.25. The van der Waals surface area contributed by atoms with Gasteiger partial charge in [0.15, 0.2) is 0 Å². The van der Waals surface area contributed by atoms with E-state index in [0.29, 0.717) is 10.8 Å². The number of ketones is 1. The molecule has 0 saturated heterocycles. The van der Waals surface area contributed by atoms with Gasteiger partial charge in [-0.1, -0.05) is 54.6 Å². The Balaban J connectivity index is 0.000000198. The number of alkyl halides is 3. The summed E-state index contributed by atoms with van der Waals surface area (Å²) in [5.41, 5.74) is 1.94. The van der Waals surface area contributed by atoms with Crippen LogP contribution in [0.15, 0.2) is 77.6 Å². The van der Waals surface area contributed by atoms with Gasteiger partial charge in [-0.15, -0.1) is 0 Å². The molecule has 6 nitrogen and oxygen atoms in total. The first-order chi connectivity index (χ1) is 19.0. The normalized spacial score (nSPS) is 11.4. The molecule has 3 aromatic heterocycles. The standard InChI is InChI=1S/C17H12F3NO3.C14H12N2.Eu/c1-2-21-11-8-7-9-5-3-4-6-10(9)12(11)14(22)13(16(21)24)15(23)17(18,19)20;1-9-3-5-11-7-8-12-6-4-10(2)16-14(12)13(11)15-9;/h3-8,22H,2H2,1H3;3-8H,1-2H3;. The third-order valence-electron chi connectivity index (χ3n) is 6.73. The predicted molar refractivity (Wildman–Crippen MR) is 150 cm³/mol. The summed E-state index contributed by atoms with van der Waals surface area (Å²) in [5, 5.41) is 13.8. The van der Waals surface area contributed by atoms with E-state index in [0.717, 1.165) is 37.8 Å². The third kappa shape index (κ3) is 5.78. The van der Waals surface area contributed by atoms with Crippen molar-refractivity contribution in [3.05, 3.63) is 100 Å². The summed E-state index contributed by atoms with van der Waals surface area (Å²) in [6.07, 6.45) is -5.25. The second-order valence-electron chi connectivity index (χ2n) is 9.39. The summed E-state index contributed by atoms with van der Waals surface area (Å²) in [6, 6.07) is 22.4. The van der Waals surface area contributed by atoms with Crippen molar-refractivity contribution in [1.29, 1.82) is 0 Å². The van der Waals surface area contributed by atoms with Crippen LogP contribution in [0.5, 0.6) is 5.75 Å². The molecular weight excluding hydrogens is 671 g/mol. The smallest absolute Gasteiger partial charge is 0.455 e. The Labute approximate surface area is 273 Å². The largest absolute Gasteiger partial charge is 0.506 e. The van der Waals surface area contributed by atoms with Crippen LogP contribution < -0.4 is 5.56 Å². The van der Waals surface area contributed by atoms with Crippen molar-refractivity contribution in [3.8, 4) is 5.75 Å². The third-order valence-corrected chi connectivity index (χ3v) is 6.73. The number of benzene rings is 3. The summed E-state index contributed by atoms with van der Waals surface area (Å²) in [6.45, 7) is 5.66. The van der Waals surface area contributed by atoms with Gasteiger partial charge in [-0.25, -0.2) is 0 Å². The molecule has 3 heterocycles. The maximum atomic E-state index is 12.8. The van der Waals surface area contributed by atoms with E-state index in [-0.39, 0.29) is 66.8 Å². The Kier molecular flexibility index (Phi) is 8.97. The second kappa shape index (κ2) is 12.0. The van der Waals surface area contributed by atoms with Crippen molar-refractivity contribution < 1.29 is 72.4 Å². The fourth-order valence-corrected chi connectivity index (χ4v) is 4.83. The van der Waals surface area contributed by atoms with Crippen LogP contribution in [0.25, 0.3) is 43.5 Å². The van der Waals surface area contributed by atoms with Gasteiger partial charge in [-0.2, -0.15) is 13.2 Å². The van der Waals surface area contributed by atoms with E-state index in [2.05, 4.69) is 34.2 Å². The van der Waals surface area contributed by atoms with Gasteiger partial charge in [-0.05, 0) is 49.7 Å². The number of aryl methyl sites for hydroxylation is 3. The van der Waals surface area contributed by atoms with Crippen molar-refractivity contribution in [2.24, 2.45) is 0 Å². The number of halogens is 3. The van der Waals surface area contributed by atoms with Crippen LogP contribution in [0.2, 0.25) is 0 Å². The van der Waals surface area contributed by atoms with E-state index in [9.17, 15) is 27.9 Å². The molecule has 0 atom stereocenters. The maximum absolute atomic E-state index is 12.8. The molecule has 0 aliphatic carbocycles. The Bertz CT molecular complexity index is 1960. The average molecular weight is 696 g/mol. The number of rotatable bonds is 2. The number of pyridine rings is 3. The molecular formula is C31H24EuF3N3O3. The summed E-state index contributed by atoms with van der Waals surface area (Å²) in [4.78, 5) is 33.2. The van der Waals surface area contributed by atoms with Gasteiger partial charge in [0.25, 0.3) is 11.3 Å². The molecule has 1 radical (unpaired) electrons. The van der Waals surface area contributed by atoms with Crippen LogP contribution in [-0.4, -0.2) is 31.6 Å². The summed E-state index contributed by atoms with van der Waals surface area (Å²) in [7, 11) is 0. The first-order valence-electron chi connectivity index (χ1n) is 12.5. The SMILES string of the molecule is CCn1c(=O)c(C(=O)C(F)(F)F)c(O)c2c3ccccc3ccc21.Cc1ccc2ccc3ccc(C)nc3c2n1.[Eu]. The number of nitrogens with zero attached hydrogens (tertiary/aromatic N) is 3. The summed E-state index contributed by atoms with van der Waals surface area (Å²) in [5.74, 6) is -3.28. The maximum Gasteiger partial charge on any atom is 0.455 e. The molecule has 209 valence electrons. The van der Waals surface area contributed by atoms with Gasteiger partial charge in [-0.3, -0.25) is 19.6 Å². The van der Waals surface area contributed by atoms with Crippen LogP contribution in [-0.2, 0) is 6.54 Å². The number of aromatic nitrogens is 3. The number of aromatic hydroxyl groups is 1. The second-order valence-corrected chi connectivity index (χ2v) is 9.39. The van der Waals surface area contributed by atoms with E-state index in [1.165, 1.54) is 0 Å². The Hall–Kier alpha value is -3.21. The van der Waals surface area contributed by atoms with Crippen molar-refractivity contribution in [2.75, 3.05) is 0 Å². The first-order valence-corrected chi connectivity index (χ1v) is 12.5. The molecule has 6 rings (SSSR count). The van der Waals surface area contributed by atoms with Crippen molar-refractivity contribution in [2.45, 2.75) is 33.5 Å². The first kappa shape index (κ1) is 30.7. The number of hydrogen-bond donors (Lipinski definition) is 1. The van der Waals surface area contributed by atoms with Gasteiger partial charge < -0.3 is 9.67 Å². The van der Waals surface area contributed by atoms with E-state index in [1.54, 1.807) is 43.3 Å². The molecule has 0 fully saturated rings. The van der Waals surface area contributed by atoms with Crippen molar-refractivity contribution >= 4 is 49.3 Å². The molecule has 6 aromatic rings. The molecule has 0 aliphatic rings. The number of carbonyl (C=O) groups is 1. The molecule has 0 spiro atoms.